The number of aromatic nitrogens is 3. The summed E-state index contributed by atoms with van der Waals surface area (Å²) < 4.78 is 41.3. The number of hydrogen-bond donors (Lipinski definition) is 0. The van der Waals surface area contributed by atoms with Crippen molar-refractivity contribution < 1.29 is 18.0 Å². The summed E-state index contributed by atoms with van der Waals surface area (Å²) in [6.45, 7) is 0.136. The largest absolute Gasteiger partial charge is 0.449 e. The first-order valence-electron chi connectivity index (χ1n) is 8.67. The number of likely N-dealkylation sites (tertiary alicyclic amines) is 1. The number of imidazole rings is 1. The SMILES string of the molecule is O=C(Cn1c(C(F)(F)F)nc2ccccc21)N1CCCC1c1ccncc1. The third kappa shape index (κ3) is 3.27. The molecule has 3 aromatic rings. The normalized spacial score (nSPS) is 17.6. The lowest BCUT2D eigenvalue weighted by molar-refractivity contribution is -0.148. The minimum atomic E-state index is -4.63. The lowest BCUT2D eigenvalue weighted by Gasteiger charge is -2.25. The van der Waals surface area contributed by atoms with Gasteiger partial charge in [-0.15, -0.1) is 0 Å². The smallest absolute Gasteiger partial charge is 0.334 e. The molecule has 1 aromatic carbocycles. The van der Waals surface area contributed by atoms with Gasteiger partial charge in [-0.1, -0.05) is 12.1 Å². The van der Waals surface area contributed by atoms with Crippen LogP contribution in [0.25, 0.3) is 11.0 Å². The van der Waals surface area contributed by atoms with E-state index in [0.29, 0.717) is 12.1 Å². The molecule has 1 aliphatic heterocycles. The average Bonchev–Trinajstić information content (AvgIpc) is 3.27. The summed E-state index contributed by atoms with van der Waals surface area (Å²) in [5, 5.41) is 0. The maximum Gasteiger partial charge on any atom is 0.449 e. The maximum atomic E-state index is 13.4. The van der Waals surface area contributed by atoms with Gasteiger partial charge in [0.05, 0.1) is 17.1 Å². The number of carbonyl (C=O) groups excluding carboxylic acids is 1. The van der Waals surface area contributed by atoms with E-state index >= 15 is 0 Å². The third-order valence-electron chi connectivity index (χ3n) is 4.87. The summed E-state index contributed by atoms with van der Waals surface area (Å²) in [4.78, 5) is 22.2. The Bertz CT molecular complexity index is 968. The molecule has 1 aliphatic rings. The first kappa shape index (κ1) is 17.5. The van der Waals surface area contributed by atoms with E-state index in [2.05, 4.69) is 9.97 Å². The van der Waals surface area contributed by atoms with Crippen LogP contribution in [0, 0.1) is 0 Å². The maximum absolute atomic E-state index is 13.4. The first-order chi connectivity index (χ1) is 12.9. The van der Waals surface area contributed by atoms with Gasteiger partial charge in [0.15, 0.2) is 0 Å². The second-order valence-electron chi connectivity index (χ2n) is 6.53. The fourth-order valence-corrected chi connectivity index (χ4v) is 3.68. The van der Waals surface area contributed by atoms with Crippen LogP contribution in [-0.4, -0.2) is 31.9 Å². The molecule has 0 bridgehead atoms. The molecule has 1 atom stereocenters. The third-order valence-corrected chi connectivity index (χ3v) is 4.87. The Balaban J connectivity index is 1.67. The second kappa shape index (κ2) is 6.68. The van der Waals surface area contributed by atoms with Gasteiger partial charge in [-0.3, -0.25) is 9.78 Å². The number of alkyl halides is 3. The molecule has 8 heteroatoms. The summed E-state index contributed by atoms with van der Waals surface area (Å²) in [5.74, 6) is -1.39. The Morgan fingerprint density at radius 2 is 1.89 bits per heavy atom. The van der Waals surface area contributed by atoms with Gasteiger partial charge in [0.1, 0.15) is 6.54 Å². The van der Waals surface area contributed by atoms with E-state index in [0.717, 1.165) is 23.0 Å². The van der Waals surface area contributed by atoms with Crippen molar-refractivity contribution in [2.45, 2.75) is 31.6 Å². The quantitative estimate of drug-likeness (QED) is 0.700. The van der Waals surface area contributed by atoms with Crippen LogP contribution in [0.5, 0.6) is 0 Å². The van der Waals surface area contributed by atoms with E-state index in [-0.39, 0.29) is 17.5 Å². The molecule has 1 fully saturated rings. The molecule has 5 nitrogen and oxygen atoms in total. The summed E-state index contributed by atoms with van der Waals surface area (Å²) >= 11 is 0. The molecule has 1 amide bonds. The second-order valence-corrected chi connectivity index (χ2v) is 6.53. The molecule has 27 heavy (non-hydrogen) atoms. The number of benzene rings is 1. The molecule has 0 saturated carbocycles. The van der Waals surface area contributed by atoms with Gasteiger partial charge in [-0.25, -0.2) is 4.98 Å². The molecule has 2 aromatic heterocycles. The van der Waals surface area contributed by atoms with Crippen molar-refractivity contribution in [1.29, 1.82) is 0 Å². The van der Waals surface area contributed by atoms with Gasteiger partial charge in [-0.2, -0.15) is 13.2 Å². The van der Waals surface area contributed by atoms with Crippen molar-refractivity contribution in [3.63, 3.8) is 0 Å². The van der Waals surface area contributed by atoms with Crippen molar-refractivity contribution in [3.05, 3.63) is 60.2 Å². The van der Waals surface area contributed by atoms with E-state index in [1.165, 1.54) is 6.07 Å². The van der Waals surface area contributed by atoms with Gasteiger partial charge in [0.2, 0.25) is 11.7 Å². The first-order valence-corrected chi connectivity index (χ1v) is 8.67. The Morgan fingerprint density at radius 1 is 1.15 bits per heavy atom. The molecule has 1 unspecified atom stereocenters. The highest BCUT2D eigenvalue weighted by Crippen LogP contribution is 2.34. The molecule has 0 N–H and O–H groups in total. The highest BCUT2D eigenvalue weighted by Gasteiger charge is 2.39. The Labute approximate surface area is 153 Å². The minimum absolute atomic E-state index is 0.135. The molecule has 0 radical (unpaired) electrons. The number of halogens is 3. The highest BCUT2D eigenvalue weighted by molar-refractivity contribution is 5.81. The van der Waals surface area contributed by atoms with E-state index in [1.807, 2.05) is 12.1 Å². The molecule has 1 saturated heterocycles. The van der Waals surface area contributed by atoms with Crippen LogP contribution >= 0.6 is 0 Å². The summed E-state index contributed by atoms with van der Waals surface area (Å²) in [5.41, 5.74) is 1.48. The fourth-order valence-electron chi connectivity index (χ4n) is 3.68. The zero-order valence-electron chi connectivity index (χ0n) is 14.4. The lowest BCUT2D eigenvalue weighted by atomic mass is 10.1. The number of amides is 1. The van der Waals surface area contributed by atoms with Crippen LogP contribution in [0.15, 0.2) is 48.8 Å². The number of carbonyl (C=O) groups is 1. The molecule has 3 heterocycles. The molecule has 0 spiro atoms. The van der Waals surface area contributed by atoms with Crippen molar-refractivity contribution in [2.75, 3.05) is 6.54 Å². The Hall–Kier alpha value is -2.90. The van der Waals surface area contributed by atoms with Gasteiger partial charge in [0, 0.05) is 18.9 Å². The van der Waals surface area contributed by atoms with E-state index in [9.17, 15) is 18.0 Å². The van der Waals surface area contributed by atoms with Crippen LogP contribution in [0.4, 0.5) is 13.2 Å². The van der Waals surface area contributed by atoms with Crippen LogP contribution in [0.2, 0.25) is 0 Å². The van der Waals surface area contributed by atoms with Crippen LogP contribution in [0.1, 0.15) is 30.3 Å². The molecule has 0 aliphatic carbocycles. The molecular formula is C19H17F3N4O. The van der Waals surface area contributed by atoms with Gasteiger partial charge in [-0.05, 0) is 42.7 Å². The molecule has 4 rings (SSSR count). The van der Waals surface area contributed by atoms with Crippen LogP contribution in [-0.2, 0) is 17.5 Å². The van der Waals surface area contributed by atoms with Crippen molar-refractivity contribution in [1.82, 2.24) is 19.4 Å². The van der Waals surface area contributed by atoms with Crippen molar-refractivity contribution >= 4 is 16.9 Å². The van der Waals surface area contributed by atoms with Crippen LogP contribution in [0.3, 0.4) is 0 Å². The lowest BCUT2D eigenvalue weighted by Crippen LogP contribution is -2.34. The van der Waals surface area contributed by atoms with Crippen molar-refractivity contribution in [3.8, 4) is 0 Å². The predicted octanol–water partition coefficient (Wildman–Crippen LogP) is 3.81. The topological polar surface area (TPSA) is 51.0 Å². The minimum Gasteiger partial charge on any atom is -0.334 e. The van der Waals surface area contributed by atoms with Crippen molar-refractivity contribution in [2.24, 2.45) is 0 Å². The monoisotopic (exact) mass is 374 g/mol. The van der Waals surface area contributed by atoms with Gasteiger partial charge >= 0.3 is 6.18 Å². The fraction of sp³-hybridized carbons (Fsp3) is 0.316. The zero-order valence-corrected chi connectivity index (χ0v) is 14.4. The van der Waals surface area contributed by atoms with Crippen LogP contribution < -0.4 is 0 Å². The number of hydrogen-bond acceptors (Lipinski definition) is 3. The highest BCUT2D eigenvalue weighted by atomic mass is 19.4. The summed E-state index contributed by atoms with van der Waals surface area (Å²) in [6, 6.07) is 9.87. The number of pyridine rings is 1. The van der Waals surface area contributed by atoms with E-state index in [1.54, 1.807) is 35.5 Å². The number of fused-ring (bicyclic) bond motifs is 1. The summed E-state index contributed by atoms with van der Waals surface area (Å²) in [7, 11) is 0. The van der Waals surface area contributed by atoms with E-state index < -0.39 is 18.5 Å². The zero-order chi connectivity index (χ0) is 19.0. The molecular weight excluding hydrogens is 357 g/mol. The van der Waals surface area contributed by atoms with E-state index in [4.69, 9.17) is 0 Å². The average molecular weight is 374 g/mol. The van der Waals surface area contributed by atoms with Gasteiger partial charge in [0.25, 0.3) is 0 Å². The predicted molar refractivity (Wildman–Crippen MR) is 92.7 cm³/mol. The Morgan fingerprint density at radius 3 is 2.63 bits per heavy atom. The molecule has 140 valence electrons. The standard InChI is InChI=1S/C19H17F3N4O/c20-19(21,22)18-24-14-4-1-2-5-16(14)26(18)12-17(27)25-11-3-6-15(25)13-7-9-23-10-8-13/h1-2,4-5,7-10,15H,3,6,11-12H2. The number of para-hydroxylation sites is 2. The Kier molecular flexibility index (Phi) is 4.33. The van der Waals surface area contributed by atoms with Gasteiger partial charge < -0.3 is 9.47 Å². The number of rotatable bonds is 3. The summed E-state index contributed by atoms with van der Waals surface area (Å²) in [6.07, 6.45) is 0.278. The number of nitrogens with zero attached hydrogens (tertiary/aromatic N) is 4.